The Hall–Kier alpha value is -3.48. The second-order valence-electron chi connectivity index (χ2n) is 9.59. The third-order valence-electron chi connectivity index (χ3n) is 6.96. The van der Waals surface area contributed by atoms with E-state index in [-0.39, 0.29) is 11.1 Å². The zero-order valence-electron chi connectivity index (χ0n) is 19.7. The molecule has 0 saturated heterocycles. The van der Waals surface area contributed by atoms with Crippen molar-refractivity contribution in [3.63, 3.8) is 0 Å². The van der Waals surface area contributed by atoms with Gasteiger partial charge < -0.3 is 9.88 Å². The summed E-state index contributed by atoms with van der Waals surface area (Å²) >= 11 is 0. The van der Waals surface area contributed by atoms with E-state index in [1.807, 2.05) is 22.9 Å². The molecule has 1 aliphatic heterocycles. The lowest BCUT2D eigenvalue weighted by Crippen LogP contribution is -2.40. The van der Waals surface area contributed by atoms with Gasteiger partial charge in [-0.25, -0.2) is 4.68 Å². The summed E-state index contributed by atoms with van der Waals surface area (Å²) in [5, 5.41) is 14.0. The molecular formula is C26H30N6O. The predicted molar refractivity (Wildman–Crippen MR) is 131 cm³/mol. The number of pyridine rings is 1. The number of aromatic nitrogens is 5. The number of fused-ring (bicyclic) bond motifs is 2. The maximum Gasteiger partial charge on any atom is 0.254 e. The Labute approximate surface area is 193 Å². The number of nitrogens with one attached hydrogen (secondary N) is 1. The van der Waals surface area contributed by atoms with Crippen molar-refractivity contribution >= 4 is 16.6 Å². The molecule has 4 aromatic rings. The first-order valence-electron chi connectivity index (χ1n) is 11.7. The topological polar surface area (TPSA) is 79.7 Å². The van der Waals surface area contributed by atoms with Crippen molar-refractivity contribution in [2.75, 3.05) is 11.4 Å². The summed E-state index contributed by atoms with van der Waals surface area (Å²) in [6.07, 6.45) is 2.90. The van der Waals surface area contributed by atoms with E-state index >= 15 is 0 Å². The summed E-state index contributed by atoms with van der Waals surface area (Å²) in [4.78, 5) is 18.9. The Balaban J connectivity index is 1.77. The average Bonchev–Trinajstić information content (AvgIpc) is 3.30. The molecular weight excluding hydrogens is 412 g/mol. The lowest BCUT2D eigenvalue weighted by molar-refractivity contribution is 0.287. The van der Waals surface area contributed by atoms with Crippen LogP contribution in [0.25, 0.3) is 10.9 Å². The Kier molecular flexibility index (Phi) is 5.27. The van der Waals surface area contributed by atoms with Gasteiger partial charge in [-0.3, -0.25) is 4.79 Å². The molecule has 2 aromatic heterocycles. The zero-order chi connectivity index (χ0) is 23.2. The number of aromatic amines is 1. The molecule has 170 valence electrons. The molecule has 0 radical (unpaired) electrons. The lowest BCUT2D eigenvalue weighted by atomic mass is 9.95. The highest BCUT2D eigenvalue weighted by Gasteiger charge is 2.36. The van der Waals surface area contributed by atoms with Crippen LogP contribution in [0.2, 0.25) is 0 Å². The quantitative estimate of drug-likeness (QED) is 0.492. The fourth-order valence-electron chi connectivity index (χ4n) is 4.77. The third kappa shape index (κ3) is 3.71. The van der Waals surface area contributed by atoms with Crippen LogP contribution in [0.4, 0.5) is 5.69 Å². The molecule has 5 rings (SSSR count). The van der Waals surface area contributed by atoms with Gasteiger partial charge >= 0.3 is 0 Å². The van der Waals surface area contributed by atoms with Crippen LogP contribution in [-0.2, 0) is 12.0 Å². The SMILES string of the molecule is CCC(C)(C)n1nnnc1[C@@H](c1cc2cc(C)ccc2[nH]c1=O)N1CCCc2ccccc21. The van der Waals surface area contributed by atoms with Gasteiger partial charge in [0.25, 0.3) is 5.56 Å². The number of hydrogen-bond donors (Lipinski definition) is 1. The number of hydrogen-bond acceptors (Lipinski definition) is 5. The van der Waals surface area contributed by atoms with Crippen LogP contribution in [0.5, 0.6) is 0 Å². The molecule has 7 nitrogen and oxygen atoms in total. The first kappa shape index (κ1) is 21.4. The van der Waals surface area contributed by atoms with Gasteiger partial charge in [0.1, 0.15) is 6.04 Å². The first-order chi connectivity index (χ1) is 15.9. The molecule has 0 unspecified atom stereocenters. The van der Waals surface area contributed by atoms with Crippen LogP contribution in [0, 0.1) is 6.92 Å². The van der Waals surface area contributed by atoms with Crippen molar-refractivity contribution in [1.29, 1.82) is 0 Å². The van der Waals surface area contributed by atoms with Crippen molar-refractivity contribution in [2.24, 2.45) is 0 Å². The van der Waals surface area contributed by atoms with Crippen molar-refractivity contribution in [2.45, 2.75) is 58.5 Å². The number of rotatable bonds is 5. The Morgan fingerprint density at radius 1 is 1.15 bits per heavy atom. The summed E-state index contributed by atoms with van der Waals surface area (Å²) in [7, 11) is 0. The standard InChI is InChI=1S/C26H30N6O/c1-5-26(3,4)32-24(28-29-30-32)23(31-14-8-10-18-9-6-7-11-22(18)31)20-16-19-15-17(2)12-13-21(19)27-25(20)33/h6-7,9,11-13,15-16,23H,5,8,10,14H2,1-4H3,(H,27,33)/t23-/m1/s1. The van der Waals surface area contributed by atoms with Crippen LogP contribution in [0.1, 0.15) is 62.2 Å². The van der Waals surface area contributed by atoms with E-state index in [9.17, 15) is 4.79 Å². The van der Waals surface area contributed by atoms with E-state index in [0.29, 0.717) is 11.4 Å². The second kappa shape index (κ2) is 8.14. The van der Waals surface area contributed by atoms with Gasteiger partial charge in [-0.05, 0) is 85.7 Å². The maximum absolute atomic E-state index is 13.5. The van der Waals surface area contributed by atoms with Gasteiger partial charge in [0.15, 0.2) is 5.82 Å². The minimum atomic E-state index is -0.402. The minimum Gasteiger partial charge on any atom is -0.357 e. The number of para-hydroxylation sites is 1. The maximum atomic E-state index is 13.5. The van der Waals surface area contributed by atoms with Gasteiger partial charge in [-0.1, -0.05) is 36.8 Å². The molecule has 33 heavy (non-hydrogen) atoms. The summed E-state index contributed by atoms with van der Waals surface area (Å²) in [6.45, 7) is 9.27. The molecule has 3 heterocycles. The molecule has 1 atom stereocenters. The number of nitrogens with zero attached hydrogens (tertiary/aromatic N) is 5. The van der Waals surface area contributed by atoms with Crippen molar-refractivity contribution in [1.82, 2.24) is 25.2 Å². The van der Waals surface area contributed by atoms with Crippen molar-refractivity contribution in [3.8, 4) is 0 Å². The molecule has 0 bridgehead atoms. The van der Waals surface area contributed by atoms with E-state index in [1.165, 1.54) is 5.56 Å². The normalized spacial score (nSPS) is 15.0. The molecule has 0 spiro atoms. The van der Waals surface area contributed by atoms with Gasteiger partial charge in [-0.15, -0.1) is 5.10 Å². The number of anilines is 1. The van der Waals surface area contributed by atoms with E-state index in [0.717, 1.165) is 48.0 Å². The summed E-state index contributed by atoms with van der Waals surface area (Å²) in [6, 6.07) is 16.1. The van der Waals surface area contributed by atoms with Crippen molar-refractivity contribution < 1.29 is 0 Å². The van der Waals surface area contributed by atoms with E-state index in [2.05, 4.69) is 83.4 Å². The molecule has 0 amide bonds. The average molecular weight is 443 g/mol. The number of tetrazole rings is 1. The summed E-state index contributed by atoms with van der Waals surface area (Å²) in [5.74, 6) is 0.691. The predicted octanol–water partition coefficient (Wildman–Crippen LogP) is 4.51. The molecule has 0 fully saturated rings. The fourth-order valence-corrected chi connectivity index (χ4v) is 4.77. The highest BCUT2D eigenvalue weighted by atomic mass is 16.1. The number of H-pyrrole nitrogens is 1. The molecule has 7 heteroatoms. The second-order valence-corrected chi connectivity index (χ2v) is 9.59. The van der Waals surface area contributed by atoms with Gasteiger partial charge in [0, 0.05) is 23.3 Å². The summed E-state index contributed by atoms with van der Waals surface area (Å²) < 4.78 is 1.90. The fraction of sp³-hybridized carbons (Fsp3) is 0.385. The molecule has 1 N–H and O–H groups in total. The van der Waals surface area contributed by atoms with Crippen LogP contribution >= 0.6 is 0 Å². The first-order valence-corrected chi connectivity index (χ1v) is 11.7. The largest absolute Gasteiger partial charge is 0.357 e. The van der Waals surface area contributed by atoms with E-state index in [1.54, 1.807) is 0 Å². The third-order valence-corrected chi connectivity index (χ3v) is 6.96. The molecule has 0 saturated carbocycles. The molecule has 1 aliphatic rings. The Bertz CT molecular complexity index is 1370. The Morgan fingerprint density at radius 3 is 2.79 bits per heavy atom. The van der Waals surface area contributed by atoms with Gasteiger partial charge in [-0.2, -0.15) is 0 Å². The summed E-state index contributed by atoms with van der Waals surface area (Å²) in [5.41, 5.74) is 4.68. The molecule has 2 aromatic carbocycles. The highest BCUT2D eigenvalue weighted by Crippen LogP contribution is 2.37. The smallest absolute Gasteiger partial charge is 0.254 e. The highest BCUT2D eigenvalue weighted by molar-refractivity contribution is 5.80. The lowest BCUT2D eigenvalue weighted by Gasteiger charge is -2.38. The Morgan fingerprint density at radius 2 is 1.97 bits per heavy atom. The molecule has 0 aliphatic carbocycles. The number of benzene rings is 2. The van der Waals surface area contributed by atoms with E-state index < -0.39 is 6.04 Å². The van der Waals surface area contributed by atoms with Crippen LogP contribution in [-0.4, -0.2) is 31.7 Å². The zero-order valence-corrected chi connectivity index (χ0v) is 19.7. The van der Waals surface area contributed by atoms with Crippen molar-refractivity contribution in [3.05, 3.63) is 81.4 Å². The van der Waals surface area contributed by atoms with E-state index in [4.69, 9.17) is 0 Å². The van der Waals surface area contributed by atoms with Crippen LogP contribution in [0.3, 0.4) is 0 Å². The van der Waals surface area contributed by atoms with Crippen LogP contribution in [0.15, 0.2) is 53.3 Å². The van der Waals surface area contributed by atoms with Gasteiger partial charge in [0.05, 0.1) is 5.54 Å². The minimum absolute atomic E-state index is 0.108. The number of aryl methyl sites for hydroxylation is 2. The monoisotopic (exact) mass is 442 g/mol. The van der Waals surface area contributed by atoms with Crippen LogP contribution < -0.4 is 10.5 Å². The van der Waals surface area contributed by atoms with Gasteiger partial charge in [0.2, 0.25) is 0 Å².